The van der Waals surface area contributed by atoms with Gasteiger partial charge in [0.2, 0.25) is 0 Å². The Morgan fingerprint density at radius 1 is 0.966 bits per heavy atom. The second-order valence-electron chi connectivity index (χ2n) is 7.26. The Morgan fingerprint density at radius 3 is 2.14 bits per heavy atom. The van der Waals surface area contributed by atoms with Crippen molar-refractivity contribution in [3.63, 3.8) is 0 Å². The van der Waals surface area contributed by atoms with Crippen LogP contribution < -0.4 is 0 Å². The molecular formula is C23H24F4O2. The maximum atomic E-state index is 14.1. The van der Waals surface area contributed by atoms with Crippen LogP contribution in [0.4, 0.5) is 17.6 Å². The lowest BCUT2D eigenvalue weighted by Crippen LogP contribution is -2.05. The summed E-state index contributed by atoms with van der Waals surface area (Å²) in [5.74, 6) is -1.48. The lowest BCUT2D eigenvalue weighted by Gasteiger charge is -2.13. The van der Waals surface area contributed by atoms with E-state index in [-0.39, 0.29) is 34.6 Å². The minimum Gasteiger partial charge on any atom is -0.507 e. The first kappa shape index (κ1) is 22.5. The van der Waals surface area contributed by atoms with Crippen LogP contribution in [-0.4, -0.2) is 10.2 Å². The molecule has 0 bridgehead atoms. The molecule has 2 aromatic rings. The fourth-order valence-corrected chi connectivity index (χ4v) is 2.90. The van der Waals surface area contributed by atoms with Gasteiger partial charge >= 0.3 is 6.18 Å². The van der Waals surface area contributed by atoms with Crippen LogP contribution in [0.15, 0.2) is 53.6 Å². The maximum Gasteiger partial charge on any atom is 0.416 e. The van der Waals surface area contributed by atoms with E-state index in [2.05, 4.69) is 6.08 Å². The highest BCUT2D eigenvalue weighted by atomic mass is 19.4. The first-order valence-corrected chi connectivity index (χ1v) is 9.20. The van der Waals surface area contributed by atoms with Crippen molar-refractivity contribution in [3.05, 3.63) is 70.6 Å². The Kier molecular flexibility index (Phi) is 7.11. The Hall–Kier alpha value is -2.76. The zero-order chi connectivity index (χ0) is 21.8. The molecule has 0 aliphatic heterocycles. The van der Waals surface area contributed by atoms with Gasteiger partial charge in [0.1, 0.15) is 17.3 Å². The minimum atomic E-state index is -4.62. The van der Waals surface area contributed by atoms with Gasteiger partial charge in [-0.2, -0.15) is 13.2 Å². The Labute approximate surface area is 167 Å². The number of rotatable bonds is 6. The third-order valence-electron chi connectivity index (χ3n) is 4.55. The predicted molar refractivity (Wildman–Crippen MR) is 106 cm³/mol. The average Bonchev–Trinajstić information content (AvgIpc) is 2.59. The van der Waals surface area contributed by atoms with Crippen LogP contribution in [0, 0.1) is 5.82 Å². The number of alkyl halides is 3. The van der Waals surface area contributed by atoms with Gasteiger partial charge in [-0.3, -0.25) is 0 Å². The van der Waals surface area contributed by atoms with Crippen molar-refractivity contribution < 1.29 is 27.8 Å². The van der Waals surface area contributed by atoms with Crippen LogP contribution in [0.2, 0.25) is 0 Å². The summed E-state index contributed by atoms with van der Waals surface area (Å²) in [6.07, 6.45) is 1.34. The minimum absolute atomic E-state index is 0.0309. The van der Waals surface area contributed by atoms with E-state index in [1.165, 1.54) is 17.7 Å². The van der Waals surface area contributed by atoms with Gasteiger partial charge in [-0.15, -0.1) is 0 Å². The number of phenols is 2. The van der Waals surface area contributed by atoms with Crippen LogP contribution in [0.3, 0.4) is 0 Å². The summed E-state index contributed by atoms with van der Waals surface area (Å²) in [5, 5.41) is 20.5. The summed E-state index contributed by atoms with van der Waals surface area (Å²) < 4.78 is 52.8. The molecule has 0 heterocycles. The number of hydrogen-bond acceptors (Lipinski definition) is 2. The van der Waals surface area contributed by atoms with Gasteiger partial charge in [0.25, 0.3) is 0 Å². The Bertz CT molecular complexity index is 913. The van der Waals surface area contributed by atoms with Gasteiger partial charge in [-0.05, 0) is 75.9 Å². The standard InChI is InChI=1S/C23H24F4O2/c1-14(2)5-4-6-15(3)7-9-18-21(28)11-16(12-22(18)29)19-13-17(23(25,26)27)8-10-20(19)24/h5,7-8,10-13,28-29H,4,6,9H2,1-3H3/b15-7+. The zero-order valence-electron chi connectivity index (χ0n) is 16.6. The first-order chi connectivity index (χ1) is 13.5. The topological polar surface area (TPSA) is 40.5 Å². The summed E-state index contributed by atoms with van der Waals surface area (Å²) in [7, 11) is 0. The van der Waals surface area contributed by atoms with Crippen LogP contribution >= 0.6 is 0 Å². The van der Waals surface area contributed by atoms with E-state index in [0.717, 1.165) is 24.5 Å². The number of hydrogen-bond donors (Lipinski definition) is 2. The number of aromatic hydroxyl groups is 2. The van der Waals surface area contributed by atoms with E-state index in [1.807, 2.05) is 26.8 Å². The number of phenolic OH excluding ortho intramolecular Hbond substituents is 2. The quantitative estimate of drug-likeness (QED) is 0.393. The largest absolute Gasteiger partial charge is 0.507 e. The van der Waals surface area contributed by atoms with Crippen molar-refractivity contribution >= 4 is 0 Å². The van der Waals surface area contributed by atoms with Crippen molar-refractivity contribution in [1.82, 2.24) is 0 Å². The van der Waals surface area contributed by atoms with E-state index in [0.29, 0.717) is 12.1 Å². The molecule has 29 heavy (non-hydrogen) atoms. The molecule has 0 saturated heterocycles. The van der Waals surface area contributed by atoms with Gasteiger partial charge in [-0.1, -0.05) is 23.3 Å². The molecule has 0 spiro atoms. The number of allylic oxidation sites excluding steroid dienone is 4. The summed E-state index contributed by atoms with van der Waals surface area (Å²) in [6.45, 7) is 5.98. The smallest absolute Gasteiger partial charge is 0.416 e. The van der Waals surface area contributed by atoms with Crippen molar-refractivity contribution in [3.8, 4) is 22.6 Å². The van der Waals surface area contributed by atoms with Gasteiger partial charge in [-0.25, -0.2) is 4.39 Å². The monoisotopic (exact) mass is 408 g/mol. The van der Waals surface area contributed by atoms with Crippen LogP contribution in [0.1, 0.15) is 44.7 Å². The second-order valence-corrected chi connectivity index (χ2v) is 7.26. The van der Waals surface area contributed by atoms with Crippen molar-refractivity contribution in [2.75, 3.05) is 0 Å². The fraction of sp³-hybridized carbons (Fsp3) is 0.304. The molecule has 156 valence electrons. The molecule has 0 fully saturated rings. The SMILES string of the molecule is CC(C)=CCC/C(C)=C/Cc1c(O)cc(-c2cc(C(F)(F)F)ccc2F)cc1O. The van der Waals surface area contributed by atoms with Gasteiger partial charge in [0.15, 0.2) is 0 Å². The molecule has 2 rings (SSSR count). The van der Waals surface area contributed by atoms with E-state index in [1.54, 1.807) is 0 Å². The lowest BCUT2D eigenvalue weighted by molar-refractivity contribution is -0.137. The summed E-state index contributed by atoms with van der Waals surface area (Å²) in [5.41, 5.74) is 1.16. The summed E-state index contributed by atoms with van der Waals surface area (Å²) >= 11 is 0. The molecular weight excluding hydrogens is 384 g/mol. The van der Waals surface area contributed by atoms with Crippen LogP contribution in [0.5, 0.6) is 11.5 Å². The van der Waals surface area contributed by atoms with E-state index in [9.17, 15) is 27.8 Å². The molecule has 0 unspecified atom stereocenters. The molecule has 0 aliphatic rings. The number of benzene rings is 2. The highest BCUT2D eigenvalue weighted by molar-refractivity contribution is 5.70. The summed E-state index contributed by atoms with van der Waals surface area (Å²) in [6, 6.07) is 4.37. The molecule has 0 saturated carbocycles. The fourth-order valence-electron chi connectivity index (χ4n) is 2.90. The molecule has 0 radical (unpaired) electrons. The molecule has 0 amide bonds. The second kappa shape index (κ2) is 9.16. The highest BCUT2D eigenvalue weighted by Gasteiger charge is 2.31. The van der Waals surface area contributed by atoms with E-state index in [4.69, 9.17) is 0 Å². The van der Waals surface area contributed by atoms with Crippen molar-refractivity contribution in [2.24, 2.45) is 0 Å². The zero-order valence-corrected chi connectivity index (χ0v) is 16.6. The van der Waals surface area contributed by atoms with Gasteiger partial charge < -0.3 is 10.2 Å². The van der Waals surface area contributed by atoms with Gasteiger partial charge in [0.05, 0.1) is 5.56 Å². The van der Waals surface area contributed by atoms with Crippen molar-refractivity contribution in [1.29, 1.82) is 0 Å². The third-order valence-corrected chi connectivity index (χ3v) is 4.55. The lowest BCUT2D eigenvalue weighted by atomic mass is 9.97. The Balaban J connectivity index is 2.29. The van der Waals surface area contributed by atoms with Crippen LogP contribution in [0.25, 0.3) is 11.1 Å². The molecule has 2 aromatic carbocycles. The molecule has 2 nitrogen and oxygen atoms in total. The molecule has 2 N–H and O–H groups in total. The normalized spacial score (nSPS) is 12.2. The average molecular weight is 408 g/mol. The van der Waals surface area contributed by atoms with Crippen molar-refractivity contribution in [2.45, 2.75) is 46.2 Å². The first-order valence-electron chi connectivity index (χ1n) is 9.20. The van der Waals surface area contributed by atoms with E-state index >= 15 is 0 Å². The van der Waals surface area contributed by atoms with E-state index < -0.39 is 17.6 Å². The Morgan fingerprint density at radius 2 is 1.59 bits per heavy atom. The molecule has 6 heteroatoms. The molecule has 0 atom stereocenters. The number of halogens is 4. The van der Waals surface area contributed by atoms with Crippen LogP contribution in [-0.2, 0) is 12.6 Å². The highest BCUT2D eigenvalue weighted by Crippen LogP contribution is 2.38. The molecule has 0 aromatic heterocycles. The summed E-state index contributed by atoms with van der Waals surface area (Å²) in [4.78, 5) is 0. The predicted octanol–water partition coefficient (Wildman–Crippen LogP) is 7.16. The maximum absolute atomic E-state index is 14.1. The third kappa shape index (κ3) is 6.11. The van der Waals surface area contributed by atoms with Gasteiger partial charge in [0, 0.05) is 11.1 Å². The molecule has 0 aliphatic carbocycles.